The van der Waals surface area contributed by atoms with Crippen molar-refractivity contribution >= 4 is 17.5 Å². The molecule has 1 aromatic heterocycles. The molecule has 0 spiro atoms. The van der Waals surface area contributed by atoms with Gasteiger partial charge in [-0.1, -0.05) is 30.9 Å². The molecule has 1 saturated carbocycles. The zero-order valence-corrected chi connectivity index (χ0v) is 15.3. The van der Waals surface area contributed by atoms with Gasteiger partial charge in [0.05, 0.1) is 5.02 Å². The lowest BCUT2D eigenvalue weighted by atomic mass is 9.88. The topological polar surface area (TPSA) is 45.7 Å². The number of fused-ring (bicyclic) bond motifs is 1. The number of rotatable bonds is 3. The van der Waals surface area contributed by atoms with Gasteiger partial charge < -0.3 is 9.64 Å². The van der Waals surface area contributed by atoms with E-state index in [-0.39, 0.29) is 12.0 Å². The van der Waals surface area contributed by atoms with E-state index in [2.05, 4.69) is 14.8 Å². The monoisotopic (exact) mass is 363 g/mol. The average molecular weight is 364 g/mol. The Kier molecular flexibility index (Phi) is 5.13. The SMILES string of the molecule is O=C(C1CCCCC1)N1CCN2C[C@H](Oc3ccc(Cl)cn3)C[C@H]2C1. The van der Waals surface area contributed by atoms with Crippen molar-refractivity contribution in [1.82, 2.24) is 14.8 Å². The van der Waals surface area contributed by atoms with Gasteiger partial charge in [0.1, 0.15) is 6.10 Å². The lowest BCUT2D eigenvalue weighted by molar-refractivity contribution is -0.139. The lowest BCUT2D eigenvalue weighted by Gasteiger charge is -2.39. The summed E-state index contributed by atoms with van der Waals surface area (Å²) in [6, 6.07) is 4.04. The van der Waals surface area contributed by atoms with Gasteiger partial charge >= 0.3 is 0 Å². The van der Waals surface area contributed by atoms with E-state index in [1.54, 1.807) is 12.3 Å². The van der Waals surface area contributed by atoms with E-state index >= 15 is 0 Å². The Balaban J connectivity index is 1.32. The Morgan fingerprint density at radius 2 is 2.00 bits per heavy atom. The number of halogens is 1. The quantitative estimate of drug-likeness (QED) is 0.828. The zero-order valence-electron chi connectivity index (χ0n) is 14.6. The summed E-state index contributed by atoms with van der Waals surface area (Å²) in [5.41, 5.74) is 0. The van der Waals surface area contributed by atoms with E-state index < -0.39 is 0 Å². The highest BCUT2D eigenvalue weighted by atomic mass is 35.5. The van der Waals surface area contributed by atoms with Gasteiger partial charge in [-0.25, -0.2) is 4.98 Å². The van der Waals surface area contributed by atoms with Crippen LogP contribution in [-0.4, -0.2) is 59.0 Å². The van der Waals surface area contributed by atoms with E-state index in [0.29, 0.717) is 22.9 Å². The molecule has 25 heavy (non-hydrogen) atoms. The third kappa shape index (κ3) is 3.93. The molecule has 1 aromatic rings. The van der Waals surface area contributed by atoms with Crippen molar-refractivity contribution in [2.75, 3.05) is 26.2 Å². The maximum absolute atomic E-state index is 12.8. The number of hydrogen-bond acceptors (Lipinski definition) is 4. The fourth-order valence-electron chi connectivity index (χ4n) is 4.49. The first-order chi connectivity index (χ1) is 12.2. The summed E-state index contributed by atoms with van der Waals surface area (Å²) in [6.07, 6.45) is 8.59. The number of carbonyl (C=O) groups excluding carboxylic acids is 1. The molecule has 5 nitrogen and oxygen atoms in total. The minimum Gasteiger partial charge on any atom is -0.473 e. The standard InChI is InChI=1S/C19H26ClN3O2/c20-15-6-7-18(21-11-15)25-17-10-16-12-23(9-8-22(16)13-17)19(24)14-4-2-1-3-5-14/h6-7,11,14,16-17H,1-5,8-10,12-13H2/t16-,17+/m0/s1. The van der Waals surface area contributed by atoms with Gasteiger partial charge in [0.15, 0.2) is 0 Å². The number of piperazine rings is 1. The Labute approximate surface area is 154 Å². The smallest absolute Gasteiger partial charge is 0.225 e. The van der Waals surface area contributed by atoms with Crippen LogP contribution in [0.5, 0.6) is 5.88 Å². The molecule has 3 heterocycles. The Morgan fingerprint density at radius 1 is 1.16 bits per heavy atom. The van der Waals surface area contributed by atoms with Crippen LogP contribution in [0.15, 0.2) is 18.3 Å². The fraction of sp³-hybridized carbons (Fsp3) is 0.684. The van der Waals surface area contributed by atoms with Crippen molar-refractivity contribution in [2.45, 2.75) is 50.7 Å². The van der Waals surface area contributed by atoms with Crippen molar-refractivity contribution in [2.24, 2.45) is 5.92 Å². The molecule has 136 valence electrons. The molecule has 0 N–H and O–H groups in total. The molecular weight excluding hydrogens is 338 g/mol. The normalized spacial score (nSPS) is 28.0. The van der Waals surface area contributed by atoms with E-state index in [4.69, 9.17) is 16.3 Å². The average Bonchev–Trinajstić information content (AvgIpc) is 3.05. The highest BCUT2D eigenvalue weighted by Gasteiger charge is 2.39. The molecule has 1 amide bonds. The van der Waals surface area contributed by atoms with Gasteiger partial charge in [0.25, 0.3) is 0 Å². The summed E-state index contributed by atoms with van der Waals surface area (Å²) in [7, 11) is 0. The highest BCUT2D eigenvalue weighted by Crippen LogP contribution is 2.29. The van der Waals surface area contributed by atoms with Gasteiger partial charge in [0.2, 0.25) is 11.8 Å². The minimum atomic E-state index is 0.142. The lowest BCUT2D eigenvalue weighted by Crippen LogP contribution is -2.53. The zero-order chi connectivity index (χ0) is 17.2. The second-order valence-corrected chi connectivity index (χ2v) is 7.99. The van der Waals surface area contributed by atoms with Crippen LogP contribution in [0.2, 0.25) is 5.02 Å². The van der Waals surface area contributed by atoms with Crippen LogP contribution in [0.3, 0.4) is 0 Å². The maximum Gasteiger partial charge on any atom is 0.225 e. The molecule has 0 unspecified atom stereocenters. The van der Waals surface area contributed by atoms with E-state index in [1.807, 2.05) is 6.07 Å². The van der Waals surface area contributed by atoms with Crippen LogP contribution in [0.25, 0.3) is 0 Å². The maximum atomic E-state index is 12.8. The number of nitrogens with zero attached hydrogens (tertiary/aromatic N) is 3. The van der Waals surface area contributed by atoms with Crippen LogP contribution in [0, 0.1) is 5.92 Å². The molecule has 2 aliphatic heterocycles. The van der Waals surface area contributed by atoms with Crippen molar-refractivity contribution in [1.29, 1.82) is 0 Å². The molecule has 0 radical (unpaired) electrons. The van der Waals surface area contributed by atoms with Crippen molar-refractivity contribution in [3.05, 3.63) is 23.4 Å². The largest absolute Gasteiger partial charge is 0.473 e. The van der Waals surface area contributed by atoms with Crippen LogP contribution in [0.1, 0.15) is 38.5 Å². The van der Waals surface area contributed by atoms with Crippen LogP contribution >= 0.6 is 11.6 Å². The molecular formula is C19H26ClN3O2. The molecule has 2 saturated heterocycles. The Hall–Kier alpha value is -1.33. The van der Waals surface area contributed by atoms with Gasteiger partial charge in [-0.05, 0) is 18.9 Å². The van der Waals surface area contributed by atoms with Gasteiger partial charge in [-0.3, -0.25) is 9.69 Å². The summed E-state index contributed by atoms with van der Waals surface area (Å²) >= 11 is 5.87. The summed E-state index contributed by atoms with van der Waals surface area (Å²) in [6.45, 7) is 3.58. The van der Waals surface area contributed by atoms with E-state index in [9.17, 15) is 4.79 Å². The van der Waals surface area contributed by atoms with Crippen molar-refractivity contribution < 1.29 is 9.53 Å². The van der Waals surface area contributed by atoms with Crippen molar-refractivity contribution in [3.63, 3.8) is 0 Å². The van der Waals surface area contributed by atoms with Gasteiger partial charge in [-0.2, -0.15) is 0 Å². The predicted octanol–water partition coefficient (Wildman–Crippen LogP) is 2.98. The number of aromatic nitrogens is 1. The third-order valence-corrected chi connectivity index (χ3v) is 6.06. The molecule has 3 aliphatic rings. The molecule has 4 rings (SSSR count). The fourth-order valence-corrected chi connectivity index (χ4v) is 4.60. The van der Waals surface area contributed by atoms with Crippen LogP contribution in [-0.2, 0) is 4.79 Å². The summed E-state index contributed by atoms with van der Waals surface area (Å²) in [5, 5.41) is 0.619. The number of hydrogen-bond donors (Lipinski definition) is 0. The molecule has 3 fully saturated rings. The molecule has 2 atom stereocenters. The molecule has 0 bridgehead atoms. The van der Waals surface area contributed by atoms with Crippen LogP contribution in [0.4, 0.5) is 0 Å². The summed E-state index contributed by atoms with van der Waals surface area (Å²) in [4.78, 5) is 21.6. The van der Waals surface area contributed by atoms with Gasteiger partial charge in [0, 0.05) is 56.8 Å². The summed E-state index contributed by atoms with van der Waals surface area (Å²) < 4.78 is 6.02. The minimum absolute atomic E-state index is 0.142. The number of ether oxygens (including phenoxy) is 1. The second kappa shape index (κ2) is 7.50. The summed E-state index contributed by atoms with van der Waals surface area (Å²) in [5.74, 6) is 1.29. The molecule has 6 heteroatoms. The number of amides is 1. The van der Waals surface area contributed by atoms with Crippen LogP contribution < -0.4 is 4.74 Å². The Bertz CT molecular complexity index is 603. The Morgan fingerprint density at radius 3 is 2.76 bits per heavy atom. The predicted molar refractivity (Wildman–Crippen MR) is 96.8 cm³/mol. The number of pyridine rings is 1. The third-order valence-electron chi connectivity index (χ3n) is 5.83. The van der Waals surface area contributed by atoms with Gasteiger partial charge in [-0.15, -0.1) is 0 Å². The number of carbonyl (C=O) groups is 1. The van der Waals surface area contributed by atoms with E-state index in [0.717, 1.165) is 45.4 Å². The molecule has 0 aromatic carbocycles. The first-order valence-corrected chi connectivity index (χ1v) is 9.88. The van der Waals surface area contributed by atoms with E-state index in [1.165, 1.54) is 19.3 Å². The first-order valence-electron chi connectivity index (χ1n) is 9.50. The second-order valence-electron chi connectivity index (χ2n) is 7.56. The first kappa shape index (κ1) is 17.1. The molecule has 1 aliphatic carbocycles. The highest BCUT2D eigenvalue weighted by molar-refractivity contribution is 6.30. The van der Waals surface area contributed by atoms with Crippen molar-refractivity contribution in [3.8, 4) is 5.88 Å².